The first-order chi connectivity index (χ1) is 7.32. The number of hydrogen-bond acceptors (Lipinski definition) is 2. The Balaban J connectivity index is 2.50. The minimum absolute atomic E-state index is 0.00579. The van der Waals surface area contributed by atoms with Crippen LogP contribution in [0.15, 0.2) is 0 Å². The first-order valence-corrected chi connectivity index (χ1v) is 6.38. The molecule has 2 unspecified atom stereocenters. The van der Waals surface area contributed by atoms with Crippen molar-refractivity contribution in [1.29, 1.82) is 0 Å². The van der Waals surface area contributed by atoms with Crippen molar-refractivity contribution in [3.05, 3.63) is 0 Å². The topological polar surface area (TPSA) is 55.1 Å². The molecule has 0 radical (unpaired) electrons. The number of carbonyl (C=O) groups excluding carboxylic acids is 1. The number of rotatable bonds is 2. The fourth-order valence-corrected chi connectivity index (χ4v) is 2.20. The molecule has 1 aliphatic rings. The van der Waals surface area contributed by atoms with Gasteiger partial charge in [0.05, 0.1) is 6.04 Å². The van der Waals surface area contributed by atoms with Crippen LogP contribution in [0.2, 0.25) is 0 Å². The minimum Gasteiger partial charge on any atom is -0.352 e. The van der Waals surface area contributed by atoms with Gasteiger partial charge in [-0.15, -0.1) is 0 Å². The van der Waals surface area contributed by atoms with Crippen molar-refractivity contribution in [3.63, 3.8) is 0 Å². The van der Waals surface area contributed by atoms with Gasteiger partial charge in [0.1, 0.15) is 0 Å². The van der Waals surface area contributed by atoms with E-state index in [0.29, 0.717) is 12.0 Å². The van der Waals surface area contributed by atoms with Crippen LogP contribution in [0.3, 0.4) is 0 Å². The largest absolute Gasteiger partial charge is 0.352 e. The molecule has 94 valence electrons. The van der Waals surface area contributed by atoms with E-state index in [-0.39, 0.29) is 11.3 Å². The maximum absolute atomic E-state index is 12.0. The predicted octanol–water partition coefficient (Wildman–Crippen LogP) is 2.05. The minimum atomic E-state index is -0.415. The Morgan fingerprint density at radius 2 is 1.88 bits per heavy atom. The van der Waals surface area contributed by atoms with Crippen LogP contribution in [0, 0.1) is 11.3 Å². The highest BCUT2D eigenvalue weighted by molar-refractivity contribution is 5.82. The molecule has 0 saturated heterocycles. The first kappa shape index (κ1) is 13.5. The van der Waals surface area contributed by atoms with Crippen molar-refractivity contribution >= 4 is 5.91 Å². The highest BCUT2D eigenvalue weighted by Gasteiger charge is 2.30. The van der Waals surface area contributed by atoms with Crippen LogP contribution in [0.1, 0.15) is 53.4 Å². The van der Waals surface area contributed by atoms with E-state index in [2.05, 4.69) is 12.2 Å². The number of nitrogens with one attached hydrogen (secondary N) is 1. The molecule has 0 aromatic carbocycles. The van der Waals surface area contributed by atoms with Gasteiger partial charge in [-0.2, -0.15) is 0 Å². The second kappa shape index (κ2) is 5.17. The van der Waals surface area contributed by atoms with Crippen molar-refractivity contribution in [3.8, 4) is 0 Å². The predicted molar refractivity (Wildman–Crippen MR) is 67.0 cm³/mol. The molecule has 1 rings (SSSR count). The second-order valence-corrected chi connectivity index (χ2v) is 6.22. The van der Waals surface area contributed by atoms with Crippen LogP contribution in [-0.2, 0) is 4.79 Å². The first-order valence-electron chi connectivity index (χ1n) is 6.38. The molecule has 3 nitrogen and oxygen atoms in total. The van der Waals surface area contributed by atoms with E-state index in [4.69, 9.17) is 5.73 Å². The van der Waals surface area contributed by atoms with Gasteiger partial charge >= 0.3 is 0 Å². The van der Waals surface area contributed by atoms with Crippen LogP contribution < -0.4 is 11.1 Å². The van der Waals surface area contributed by atoms with Gasteiger partial charge in [-0.05, 0) is 24.2 Å². The van der Waals surface area contributed by atoms with Crippen molar-refractivity contribution in [2.75, 3.05) is 0 Å². The van der Waals surface area contributed by atoms with Crippen molar-refractivity contribution in [1.82, 2.24) is 5.32 Å². The van der Waals surface area contributed by atoms with Gasteiger partial charge in [-0.3, -0.25) is 4.79 Å². The highest BCUT2D eigenvalue weighted by atomic mass is 16.2. The fourth-order valence-electron chi connectivity index (χ4n) is 2.20. The third kappa shape index (κ3) is 3.48. The van der Waals surface area contributed by atoms with Crippen LogP contribution in [0.25, 0.3) is 0 Å². The number of carbonyl (C=O) groups is 1. The van der Waals surface area contributed by atoms with Crippen molar-refractivity contribution < 1.29 is 4.79 Å². The summed E-state index contributed by atoms with van der Waals surface area (Å²) in [5, 5.41) is 3.11. The molecule has 0 spiro atoms. The number of amides is 1. The molecule has 1 aliphatic carbocycles. The lowest BCUT2D eigenvalue weighted by molar-refractivity contribution is -0.125. The molecular weight excluding hydrogens is 200 g/mol. The average Bonchev–Trinajstić information content (AvgIpc) is 2.19. The molecule has 0 bridgehead atoms. The maximum Gasteiger partial charge on any atom is 0.237 e. The van der Waals surface area contributed by atoms with Crippen LogP contribution in [-0.4, -0.2) is 18.0 Å². The Morgan fingerprint density at radius 1 is 1.31 bits per heavy atom. The quantitative estimate of drug-likeness (QED) is 0.757. The Morgan fingerprint density at radius 3 is 2.38 bits per heavy atom. The summed E-state index contributed by atoms with van der Waals surface area (Å²) >= 11 is 0. The monoisotopic (exact) mass is 226 g/mol. The normalized spacial score (nSPS) is 28.6. The van der Waals surface area contributed by atoms with E-state index < -0.39 is 6.04 Å². The van der Waals surface area contributed by atoms with Crippen molar-refractivity contribution in [2.24, 2.45) is 17.1 Å². The summed E-state index contributed by atoms with van der Waals surface area (Å²) in [4.78, 5) is 12.0. The van der Waals surface area contributed by atoms with Gasteiger partial charge in [0.25, 0.3) is 0 Å². The van der Waals surface area contributed by atoms with Crippen LogP contribution in [0.4, 0.5) is 0 Å². The Bertz CT molecular complexity index is 245. The summed E-state index contributed by atoms with van der Waals surface area (Å²) in [6.07, 6.45) is 4.83. The zero-order valence-corrected chi connectivity index (χ0v) is 11.0. The molecule has 1 amide bonds. The summed E-state index contributed by atoms with van der Waals surface area (Å²) < 4.78 is 0. The number of nitrogens with two attached hydrogens (primary N) is 1. The van der Waals surface area contributed by atoms with Gasteiger partial charge in [0.2, 0.25) is 5.91 Å². The van der Waals surface area contributed by atoms with Gasteiger partial charge in [-0.1, -0.05) is 40.5 Å². The summed E-state index contributed by atoms with van der Waals surface area (Å²) in [6, 6.07) is -0.0868. The molecule has 0 aliphatic heterocycles. The summed E-state index contributed by atoms with van der Waals surface area (Å²) in [5.74, 6) is 0.594. The molecule has 0 aromatic heterocycles. The Labute approximate surface area is 99.2 Å². The van der Waals surface area contributed by atoms with E-state index in [0.717, 1.165) is 6.42 Å². The lowest BCUT2D eigenvalue weighted by Gasteiger charge is -2.33. The van der Waals surface area contributed by atoms with E-state index in [1.54, 1.807) is 0 Å². The molecule has 3 heteroatoms. The van der Waals surface area contributed by atoms with E-state index in [1.165, 1.54) is 19.3 Å². The standard InChI is InChI=1S/C13H26N2O/c1-9-7-5-6-8-10(9)15-12(16)11(14)13(2,3)4/h9-11H,5-8,14H2,1-4H3,(H,15,16)/t9?,10?,11-/m1/s1. The molecule has 1 fully saturated rings. The second-order valence-electron chi connectivity index (χ2n) is 6.22. The van der Waals surface area contributed by atoms with Gasteiger partial charge in [0.15, 0.2) is 0 Å². The Hall–Kier alpha value is -0.570. The van der Waals surface area contributed by atoms with E-state index in [9.17, 15) is 4.79 Å². The molecule has 1 saturated carbocycles. The molecule has 16 heavy (non-hydrogen) atoms. The lowest BCUT2D eigenvalue weighted by Crippen LogP contribution is -2.53. The number of hydrogen-bond donors (Lipinski definition) is 2. The van der Waals surface area contributed by atoms with Gasteiger partial charge < -0.3 is 11.1 Å². The van der Waals surface area contributed by atoms with Crippen LogP contribution in [0.5, 0.6) is 0 Å². The third-order valence-corrected chi connectivity index (χ3v) is 3.65. The SMILES string of the molecule is CC1CCCCC1NC(=O)[C@@H](N)C(C)(C)C. The summed E-state index contributed by atoms with van der Waals surface area (Å²) in [7, 11) is 0. The fraction of sp³-hybridized carbons (Fsp3) is 0.923. The lowest BCUT2D eigenvalue weighted by atomic mass is 9.84. The summed E-state index contributed by atoms with van der Waals surface area (Å²) in [6.45, 7) is 8.22. The Kier molecular flexibility index (Phi) is 4.36. The summed E-state index contributed by atoms with van der Waals surface area (Å²) in [5.41, 5.74) is 5.78. The van der Waals surface area contributed by atoms with Crippen molar-refractivity contribution in [2.45, 2.75) is 65.5 Å². The van der Waals surface area contributed by atoms with E-state index in [1.807, 2.05) is 20.8 Å². The molecule has 3 N–H and O–H groups in total. The zero-order chi connectivity index (χ0) is 12.3. The van der Waals surface area contributed by atoms with Gasteiger partial charge in [0, 0.05) is 6.04 Å². The molecule has 0 aromatic rings. The maximum atomic E-state index is 12.0. The van der Waals surface area contributed by atoms with E-state index >= 15 is 0 Å². The molecular formula is C13H26N2O. The smallest absolute Gasteiger partial charge is 0.237 e. The zero-order valence-electron chi connectivity index (χ0n) is 11.0. The molecule has 3 atom stereocenters. The third-order valence-electron chi connectivity index (χ3n) is 3.65. The van der Waals surface area contributed by atoms with Gasteiger partial charge in [-0.25, -0.2) is 0 Å². The molecule has 0 heterocycles. The van der Waals surface area contributed by atoms with Crippen LogP contribution >= 0.6 is 0 Å². The highest BCUT2D eigenvalue weighted by Crippen LogP contribution is 2.24. The average molecular weight is 226 g/mol.